The minimum atomic E-state index is 0.772. The van der Waals surface area contributed by atoms with E-state index in [1.165, 1.54) is 0 Å². The highest BCUT2D eigenvalue weighted by Crippen LogP contribution is 2.19. The predicted molar refractivity (Wildman–Crippen MR) is 49.2 cm³/mol. The summed E-state index contributed by atoms with van der Waals surface area (Å²) in [5.74, 6) is 0.772. The van der Waals surface area contributed by atoms with Gasteiger partial charge in [-0.2, -0.15) is 0 Å². The van der Waals surface area contributed by atoms with Crippen LogP contribution in [0.2, 0.25) is 0 Å². The molecule has 0 radical (unpaired) electrons. The van der Waals surface area contributed by atoms with Crippen LogP contribution in [0.4, 0.5) is 0 Å². The number of furan rings is 1. The van der Waals surface area contributed by atoms with Crippen LogP contribution in [0, 0.1) is 13.8 Å². The highest BCUT2D eigenvalue weighted by Gasteiger charge is 2.06. The molecule has 3 heteroatoms. The van der Waals surface area contributed by atoms with E-state index >= 15 is 0 Å². The molecule has 2 aromatic heterocycles. The highest BCUT2D eigenvalue weighted by atomic mass is 16.3. The monoisotopic (exact) mass is 174 g/mol. The third-order valence-electron chi connectivity index (χ3n) is 1.83. The molecule has 0 N–H and O–H groups in total. The number of hydrogen-bond acceptors (Lipinski definition) is 3. The maximum absolute atomic E-state index is 5.25. The Balaban J connectivity index is 2.57. The van der Waals surface area contributed by atoms with Crippen molar-refractivity contribution in [3.63, 3.8) is 0 Å². The first kappa shape index (κ1) is 7.98. The summed E-state index contributed by atoms with van der Waals surface area (Å²) in [7, 11) is 0. The first-order valence-corrected chi connectivity index (χ1v) is 4.11. The summed E-state index contributed by atoms with van der Waals surface area (Å²) < 4.78 is 5.25. The second-order valence-corrected chi connectivity index (χ2v) is 2.92. The molecule has 2 rings (SSSR count). The Morgan fingerprint density at radius 2 is 2.15 bits per heavy atom. The van der Waals surface area contributed by atoms with Gasteiger partial charge in [-0.25, -0.2) is 4.98 Å². The molecule has 0 saturated carbocycles. The summed E-state index contributed by atoms with van der Waals surface area (Å²) in [6, 6.07) is 3.73. The molecule has 0 saturated heterocycles. The van der Waals surface area contributed by atoms with Gasteiger partial charge in [0.2, 0.25) is 0 Å². The molecule has 0 unspecified atom stereocenters. The van der Waals surface area contributed by atoms with E-state index in [1.807, 2.05) is 26.0 Å². The van der Waals surface area contributed by atoms with Crippen molar-refractivity contribution in [2.75, 3.05) is 0 Å². The Bertz CT molecular complexity index is 407. The number of nitrogens with zero attached hydrogens (tertiary/aromatic N) is 2. The van der Waals surface area contributed by atoms with Crippen molar-refractivity contribution in [1.82, 2.24) is 9.97 Å². The van der Waals surface area contributed by atoms with Crippen LogP contribution in [0.25, 0.3) is 11.5 Å². The SMILES string of the molecule is Cc1cnc(C)c(-c2ccco2)n1. The maximum atomic E-state index is 5.25. The van der Waals surface area contributed by atoms with Gasteiger partial charge in [0.25, 0.3) is 0 Å². The molecule has 66 valence electrons. The van der Waals surface area contributed by atoms with Gasteiger partial charge in [-0.1, -0.05) is 0 Å². The Labute approximate surface area is 76.5 Å². The highest BCUT2D eigenvalue weighted by molar-refractivity contribution is 5.54. The number of hydrogen-bond donors (Lipinski definition) is 0. The third-order valence-corrected chi connectivity index (χ3v) is 1.83. The van der Waals surface area contributed by atoms with Crippen molar-refractivity contribution in [2.24, 2.45) is 0 Å². The minimum Gasteiger partial charge on any atom is -0.463 e. The van der Waals surface area contributed by atoms with Gasteiger partial charge < -0.3 is 4.42 Å². The zero-order chi connectivity index (χ0) is 9.26. The van der Waals surface area contributed by atoms with Gasteiger partial charge in [-0.15, -0.1) is 0 Å². The fourth-order valence-corrected chi connectivity index (χ4v) is 1.18. The zero-order valence-electron chi connectivity index (χ0n) is 7.61. The van der Waals surface area contributed by atoms with Crippen LogP contribution in [0.5, 0.6) is 0 Å². The van der Waals surface area contributed by atoms with E-state index in [2.05, 4.69) is 9.97 Å². The summed E-state index contributed by atoms with van der Waals surface area (Å²) in [5, 5.41) is 0. The normalized spacial score (nSPS) is 10.3. The quantitative estimate of drug-likeness (QED) is 0.666. The molecular formula is C10H10N2O. The Hall–Kier alpha value is -1.64. The van der Waals surface area contributed by atoms with Crippen molar-refractivity contribution in [3.8, 4) is 11.5 Å². The lowest BCUT2D eigenvalue weighted by Crippen LogP contribution is -1.92. The van der Waals surface area contributed by atoms with E-state index in [-0.39, 0.29) is 0 Å². The van der Waals surface area contributed by atoms with Gasteiger partial charge in [0.05, 0.1) is 17.7 Å². The number of aromatic nitrogens is 2. The molecule has 0 fully saturated rings. The molecule has 3 nitrogen and oxygen atoms in total. The van der Waals surface area contributed by atoms with E-state index in [0.29, 0.717) is 0 Å². The van der Waals surface area contributed by atoms with Gasteiger partial charge in [-0.05, 0) is 26.0 Å². The number of rotatable bonds is 1. The van der Waals surface area contributed by atoms with Gasteiger partial charge >= 0.3 is 0 Å². The van der Waals surface area contributed by atoms with Gasteiger partial charge in [0, 0.05) is 6.20 Å². The smallest absolute Gasteiger partial charge is 0.154 e. The van der Waals surface area contributed by atoms with Gasteiger partial charge in [0.1, 0.15) is 5.69 Å². The molecule has 0 amide bonds. The lowest BCUT2D eigenvalue weighted by molar-refractivity contribution is 0.578. The van der Waals surface area contributed by atoms with E-state index in [9.17, 15) is 0 Å². The van der Waals surface area contributed by atoms with Gasteiger partial charge in [-0.3, -0.25) is 4.98 Å². The average molecular weight is 174 g/mol. The van der Waals surface area contributed by atoms with Crippen LogP contribution in [0.3, 0.4) is 0 Å². The van der Waals surface area contributed by atoms with Crippen LogP contribution in [0.15, 0.2) is 29.0 Å². The lowest BCUT2D eigenvalue weighted by Gasteiger charge is -2.00. The molecule has 2 heterocycles. The molecular weight excluding hydrogens is 164 g/mol. The molecule has 0 aliphatic rings. The first-order valence-electron chi connectivity index (χ1n) is 4.11. The topological polar surface area (TPSA) is 38.9 Å². The molecule has 0 spiro atoms. The van der Waals surface area contributed by atoms with Crippen molar-refractivity contribution < 1.29 is 4.42 Å². The maximum Gasteiger partial charge on any atom is 0.154 e. The minimum absolute atomic E-state index is 0.772. The third kappa shape index (κ3) is 1.45. The Morgan fingerprint density at radius 3 is 2.85 bits per heavy atom. The summed E-state index contributed by atoms with van der Waals surface area (Å²) in [6.07, 6.45) is 3.39. The zero-order valence-corrected chi connectivity index (χ0v) is 7.61. The summed E-state index contributed by atoms with van der Waals surface area (Å²) >= 11 is 0. The van der Waals surface area contributed by atoms with E-state index in [0.717, 1.165) is 22.8 Å². The van der Waals surface area contributed by atoms with E-state index in [1.54, 1.807) is 12.5 Å². The van der Waals surface area contributed by atoms with Gasteiger partial charge in [0.15, 0.2) is 5.76 Å². The number of aryl methyl sites for hydroxylation is 2. The van der Waals surface area contributed by atoms with E-state index in [4.69, 9.17) is 4.42 Å². The molecule has 0 bridgehead atoms. The van der Waals surface area contributed by atoms with Crippen LogP contribution in [-0.4, -0.2) is 9.97 Å². The van der Waals surface area contributed by atoms with Crippen molar-refractivity contribution >= 4 is 0 Å². The summed E-state index contributed by atoms with van der Waals surface area (Å²) in [6.45, 7) is 3.84. The summed E-state index contributed by atoms with van der Waals surface area (Å²) in [5.41, 5.74) is 2.61. The lowest BCUT2D eigenvalue weighted by atomic mass is 10.2. The van der Waals surface area contributed by atoms with Crippen LogP contribution >= 0.6 is 0 Å². The van der Waals surface area contributed by atoms with Crippen LogP contribution in [-0.2, 0) is 0 Å². The van der Waals surface area contributed by atoms with Crippen LogP contribution in [0.1, 0.15) is 11.4 Å². The molecule has 0 aromatic carbocycles. The Morgan fingerprint density at radius 1 is 1.31 bits per heavy atom. The standard InChI is InChI=1S/C10H10N2O/c1-7-6-11-8(2)10(12-7)9-4-3-5-13-9/h3-6H,1-2H3. The first-order chi connectivity index (χ1) is 6.27. The Kier molecular flexibility index (Phi) is 1.85. The second-order valence-electron chi connectivity index (χ2n) is 2.92. The van der Waals surface area contributed by atoms with Crippen molar-refractivity contribution in [3.05, 3.63) is 36.0 Å². The fourth-order valence-electron chi connectivity index (χ4n) is 1.18. The second kappa shape index (κ2) is 3.01. The van der Waals surface area contributed by atoms with Crippen LogP contribution < -0.4 is 0 Å². The predicted octanol–water partition coefficient (Wildman–Crippen LogP) is 2.35. The largest absolute Gasteiger partial charge is 0.463 e. The molecule has 2 aromatic rings. The summed E-state index contributed by atoms with van der Waals surface area (Å²) in [4.78, 5) is 8.57. The van der Waals surface area contributed by atoms with E-state index < -0.39 is 0 Å². The molecule has 0 aliphatic heterocycles. The molecule has 13 heavy (non-hydrogen) atoms. The average Bonchev–Trinajstić information content (AvgIpc) is 2.61. The molecule has 0 atom stereocenters. The van der Waals surface area contributed by atoms with Crippen molar-refractivity contribution in [1.29, 1.82) is 0 Å². The van der Waals surface area contributed by atoms with Crippen molar-refractivity contribution in [2.45, 2.75) is 13.8 Å². The fraction of sp³-hybridized carbons (Fsp3) is 0.200. The molecule has 0 aliphatic carbocycles.